The second-order valence-electron chi connectivity index (χ2n) is 7.81. The number of urea groups is 1. The molecule has 3 amide bonds. The minimum atomic E-state index is -0.590. The molecular weight excluding hydrogens is 372 g/mol. The normalized spacial score (nSPS) is 22.6. The smallest absolute Gasteiger partial charge is 0.317 e. The third-order valence-corrected chi connectivity index (χ3v) is 5.90. The van der Waals surface area contributed by atoms with E-state index >= 15 is 0 Å². The van der Waals surface area contributed by atoms with Crippen molar-refractivity contribution in [3.8, 4) is 5.75 Å². The van der Waals surface area contributed by atoms with Crippen molar-refractivity contribution < 1.29 is 14.3 Å². The van der Waals surface area contributed by atoms with Crippen molar-refractivity contribution in [3.63, 3.8) is 0 Å². The van der Waals surface area contributed by atoms with Gasteiger partial charge in [-0.3, -0.25) is 4.79 Å². The number of rotatable bonds is 4. The highest BCUT2D eigenvalue weighted by Crippen LogP contribution is 2.38. The van der Waals surface area contributed by atoms with Crippen molar-refractivity contribution >= 4 is 11.9 Å². The van der Waals surface area contributed by atoms with E-state index in [1.165, 1.54) is 5.56 Å². The Kier molecular flexibility index (Phi) is 5.12. The lowest BCUT2D eigenvalue weighted by Gasteiger charge is -2.33. The fraction of sp³-hybridized carbons (Fsp3) is 0.500. The second kappa shape index (κ2) is 7.73. The third kappa shape index (κ3) is 3.76. The first-order valence-electron chi connectivity index (χ1n) is 9.96. The number of piperidine rings is 1. The van der Waals surface area contributed by atoms with Crippen molar-refractivity contribution in [2.24, 2.45) is 5.73 Å². The summed E-state index contributed by atoms with van der Waals surface area (Å²) >= 11 is 0. The van der Waals surface area contributed by atoms with Crippen LogP contribution in [0.5, 0.6) is 5.75 Å². The molecular formula is C20H26N6O3. The van der Waals surface area contributed by atoms with E-state index in [0.29, 0.717) is 13.1 Å². The number of ether oxygens (including phenoxy) is 1. The number of nitrogens with zero attached hydrogens (tertiary/aromatic N) is 4. The average molecular weight is 398 g/mol. The van der Waals surface area contributed by atoms with Gasteiger partial charge in [0.05, 0.1) is 18.3 Å². The van der Waals surface area contributed by atoms with Gasteiger partial charge in [-0.2, -0.15) is 0 Å². The molecule has 1 fully saturated rings. The van der Waals surface area contributed by atoms with E-state index in [-0.39, 0.29) is 35.8 Å². The molecule has 0 spiro atoms. The van der Waals surface area contributed by atoms with Crippen LogP contribution in [0.15, 0.2) is 30.5 Å². The lowest BCUT2D eigenvalue weighted by atomic mass is 9.94. The standard InChI is InChI=1S/C20H26N6O3/c1-12-15-5-3-4-6-17(15)29-18(12)13(2)22-20(28)25-9-7-14(8-10-25)26-11-16(19(21)27)23-24-26/h3-6,11-14,18H,7-10H2,1-2H3,(H2,21,27)(H,22,28). The maximum Gasteiger partial charge on any atom is 0.317 e. The van der Waals surface area contributed by atoms with E-state index in [0.717, 1.165) is 18.6 Å². The summed E-state index contributed by atoms with van der Waals surface area (Å²) in [6.07, 6.45) is 2.97. The van der Waals surface area contributed by atoms with Gasteiger partial charge in [-0.25, -0.2) is 9.48 Å². The van der Waals surface area contributed by atoms with Crippen LogP contribution in [0.1, 0.15) is 54.7 Å². The quantitative estimate of drug-likeness (QED) is 0.813. The van der Waals surface area contributed by atoms with E-state index in [2.05, 4.69) is 28.6 Å². The highest BCUT2D eigenvalue weighted by molar-refractivity contribution is 5.90. The Morgan fingerprint density at radius 1 is 1.28 bits per heavy atom. The van der Waals surface area contributed by atoms with Gasteiger partial charge in [0.2, 0.25) is 0 Å². The molecule has 0 aliphatic carbocycles. The lowest BCUT2D eigenvalue weighted by Crippen LogP contribution is -2.51. The molecule has 3 heterocycles. The maximum absolute atomic E-state index is 12.7. The molecule has 3 unspecified atom stereocenters. The number of para-hydroxylation sites is 1. The predicted octanol–water partition coefficient (Wildman–Crippen LogP) is 1.68. The van der Waals surface area contributed by atoms with Crippen LogP contribution >= 0.6 is 0 Å². The molecule has 0 saturated carbocycles. The zero-order valence-corrected chi connectivity index (χ0v) is 16.6. The summed E-state index contributed by atoms with van der Waals surface area (Å²) in [6, 6.07) is 7.92. The summed E-state index contributed by atoms with van der Waals surface area (Å²) in [5.41, 5.74) is 6.57. The predicted molar refractivity (Wildman–Crippen MR) is 106 cm³/mol. The minimum Gasteiger partial charge on any atom is -0.487 e. The Balaban J connectivity index is 1.30. The number of nitrogens with one attached hydrogen (secondary N) is 1. The van der Waals surface area contributed by atoms with E-state index in [1.54, 1.807) is 10.9 Å². The largest absolute Gasteiger partial charge is 0.487 e. The van der Waals surface area contributed by atoms with Gasteiger partial charge in [0.15, 0.2) is 5.69 Å². The van der Waals surface area contributed by atoms with Crippen molar-refractivity contribution in [2.45, 2.75) is 50.8 Å². The van der Waals surface area contributed by atoms with Crippen LogP contribution in [0.2, 0.25) is 0 Å². The Bertz CT molecular complexity index is 905. The molecule has 1 aromatic carbocycles. The fourth-order valence-electron chi connectivity index (χ4n) is 4.19. The molecule has 1 saturated heterocycles. The fourth-order valence-corrected chi connectivity index (χ4v) is 4.19. The molecule has 2 aromatic rings. The first-order chi connectivity index (χ1) is 13.9. The lowest BCUT2D eigenvalue weighted by molar-refractivity contribution is 0.0995. The van der Waals surface area contributed by atoms with Gasteiger partial charge < -0.3 is 20.7 Å². The van der Waals surface area contributed by atoms with E-state index in [9.17, 15) is 9.59 Å². The first kappa shape index (κ1) is 19.2. The molecule has 9 heteroatoms. The summed E-state index contributed by atoms with van der Waals surface area (Å²) in [5.74, 6) is 0.529. The Morgan fingerprint density at radius 2 is 2.00 bits per heavy atom. The summed E-state index contributed by atoms with van der Waals surface area (Å²) in [6.45, 7) is 5.33. The van der Waals surface area contributed by atoms with Gasteiger partial charge in [-0.05, 0) is 25.8 Å². The summed E-state index contributed by atoms with van der Waals surface area (Å²) in [5, 5.41) is 10.9. The number of fused-ring (bicyclic) bond motifs is 1. The Hall–Kier alpha value is -3.10. The summed E-state index contributed by atoms with van der Waals surface area (Å²) < 4.78 is 7.75. The van der Waals surface area contributed by atoms with Gasteiger partial charge >= 0.3 is 6.03 Å². The van der Waals surface area contributed by atoms with Gasteiger partial charge in [-0.15, -0.1) is 5.10 Å². The van der Waals surface area contributed by atoms with Crippen molar-refractivity contribution in [1.29, 1.82) is 0 Å². The van der Waals surface area contributed by atoms with Gasteiger partial charge in [0.1, 0.15) is 11.9 Å². The highest BCUT2D eigenvalue weighted by Gasteiger charge is 2.36. The molecule has 3 atom stereocenters. The first-order valence-corrected chi connectivity index (χ1v) is 9.96. The van der Waals surface area contributed by atoms with Crippen LogP contribution in [0.25, 0.3) is 0 Å². The second-order valence-corrected chi connectivity index (χ2v) is 7.81. The maximum atomic E-state index is 12.7. The number of carbonyl (C=O) groups is 2. The highest BCUT2D eigenvalue weighted by atomic mass is 16.5. The van der Waals surface area contributed by atoms with Gasteiger partial charge in [0, 0.05) is 24.6 Å². The minimum absolute atomic E-state index is 0.0841. The molecule has 29 heavy (non-hydrogen) atoms. The molecule has 3 N–H and O–H groups in total. The molecule has 4 rings (SSSR count). The topological polar surface area (TPSA) is 115 Å². The van der Waals surface area contributed by atoms with Gasteiger partial charge in [-0.1, -0.05) is 30.3 Å². The van der Waals surface area contributed by atoms with Crippen LogP contribution in [0, 0.1) is 0 Å². The number of hydrogen-bond donors (Lipinski definition) is 2. The number of hydrogen-bond acceptors (Lipinski definition) is 5. The SMILES string of the molecule is CC(NC(=O)N1CCC(n2cc(C(N)=O)nn2)CC1)C1Oc2ccccc2C1C. The zero-order chi connectivity index (χ0) is 20.5. The molecule has 0 bridgehead atoms. The number of aromatic nitrogens is 3. The Labute approximate surface area is 169 Å². The van der Waals surface area contributed by atoms with Crippen molar-refractivity contribution in [2.75, 3.05) is 13.1 Å². The Morgan fingerprint density at radius 3 is 2.66 bits per heavy atom. The summed E-state index contributed by atoms with van der Waals surface area (Å²) in [7, 11) is 0. The average Bonchev–Trinajstić information content (AvgIpc) is 3.34. The molecule has 154 valence electrons. The van der Waals surface area contributed by atoms with Crippen molar-refractivity contribution in [1.82, 2.24) is 25.2 Å². The molecule has 0 radical (unpaired) electrons. The number of nitrogens with two attached hydrogens (primary N) is 1. The monoisotopic (exact) mass is 398 g/mol. The molecule has 9 nitrogen and oxygen atoms in total. The number of carbonyl (C=O) groups excluding carboxylic acids is 2. The van der Waals surface area contributed by atoms with Crippen LogP contribution < -0.4 is 15.8 Å². The summed E-state index contributed by atoms with van der Waals surface area (Å²) in [4.78, 5) is 25.7. The van der Waals surface area contributed by atoms with Crippen LogP contribution in [-0.4, -0.2) is 57.1 Å². The van der Waals surface area contributed by atoms with E-state index < -0.39 is 5.91 Å². The van der Waals surface area contributed by atoms with Crippen LogP contribution in [-0.2, 0) is 0 Å². The van der Waals surface area contributed by atoms with Crippen LogP contribution in [0.4, 0.5) is 4.79 Å². The van der Waals surface area contributed by atoms with E-state index in [1.807, 2.05) is 30.0 Å². The van der Waals surface area contributed by atoms with E-state index in [4.69, 9.17) is 10.5 Å². The third-order valence-electron chi connectivity index (χ3n) is 5.90. The molecule has 2 aliphatic heterocycles. The van der Waals surface area contributed by atoms with Crippen molar-refractivity contribution in [3.05, 3.63) is 41.7 Å². The molecule has 2 aliphatic rings. The number of primary amides is 1. The number of benzene rings is 1. The molecule has 1 aromatic heterocycles. The number of amides is 3. The zero-order valence-electron chi connectivity index (χ0n) is 16.6. The van der Waals surface area contributed by atoms with Crippen LogP contribution in [0.3, 0.4) is 0 Å². The number of likely N-dealkylation sites (tertiary alicyclic amines) is 1. The van der Waals surface area contributed by atoms with Gasteiger partial charge in [0.25, 0.3) is 5.91 Å².